The quantitative estimate of drug-likeness (QED) is 0.351. The number of methoxy groups -OCH3 is 1. The minimum atomic E-state index is -0.802. The van der Waals surface area contributed by atoms with Gasteiger partial charge < -0.3 is 15.0 Å². The first-order valence-corrected chi connectivity index (χ1v) is 12.2. The molecule has 0 bridgehead atoms. The zero-order valence-corrected chi connectivity index (χ0v) is 20.3. The zero-order valence-electron chi connectivity index (χ0n) is 19.5. The van der Waals surface area contributed by atoms with E-state index in [1.165, 1.54) is 11.3 Å². The minimum absolute atomic E-state index is 0.113. The molecule has 0 spiro atoms. The number of amides is 2. The van der Waals surface area contributed by atoms with Gasteiger partial charge in [-0.3, -0.25) is 14.6 Å². The summed E-state index contributed by atoms with van der Waals surface area (Å²) in [6, 6.07) is 23.9. The van der Waals surface area contributed by atoms with E-state index in [1.54, 1.807) is 36.5 Å². The first kappa shape index (κ1) is 24.2. The Bertz CT molecular complexity index is 1210. The maximum Gasteiger partial charge on any atom is 0.247 e. The van der Waals surface area contributed by atoms with Gasteiger partial charge in [-0.15, -0.1) is 11.3 Å². The Labute approximate surface area is 209 Å². The molecular formula is C28H27N3O3S. The summed E-state index contributed by atoms with van der Waals surface area (Å²) < 4.78 is 5.21. The van der Waals surface area contributed by atoms with E-state index in [1.807, 2.05) is 72.1 Å². The van der Waals surface area contributed by atoms with E-state index in [4.69, 9.17) is 4.74 Å². The molecule has 1 N–H and O–H groups in total. The average Bonchev–Trinajstić information content (AvgIpc) is 3.41. The first-order chi connectivity index (χ1) is 17.1. The number of thiophene rings is 1. The van der Waals surface area contributed by atoms with E-state index >= 15 is 0 Å². The summed E-state index contributed by atoms with van der Waals surface area (Å²) in [7, 11) is 1.62. The summed E-state index contributed by atoms with van der Waals surface area (Å²) in [5.41, 5.74) is 2.60. The smallest absolute Gasteiger partial charge is 0.247 e. The van der Waals surface area contributed by atoms with E-state index in [2.05, 4.69) is 10.3 Å². The van der Waals surface area contributed by atoms with E-state index in [-0.39, 0.29) is 18.2 Å². The number of ether oxygens (including phenoxy) is 1. The third-order valence-electron chi connectivity index (χ3n) is 5.63. The first-order valence-electron chi connectivity index (χ1n) is 11.3. The van der Waals surface area contributed by atoms with Gasteiger partial charge in [0.15, 0.2) is 0 Å². The van der Waals surface area contributed by atoms with Crippen molar-refractivity contribution in [1.29, 1.82) is 0 Å². The lowest BCUT2D eigenvalue weighted by atomic mass is 10.0. The van der Waals surface area contributed by atoms with Crippen LogP contribution in [0.2, 0.25) is 0 Å². The number of aromatic nitrogens is 1. The Hall–Kier alpha value is -3.97. The molecule has 1 atom stereocenters. The van der Waals surface area contributed by atoms with Gasteiger partial charge in [-0.05, 0) is 52.4 Å². The normalized spacial score (nSPS) is 11.5. The van der Waals surface area contributed by atoms with Gasteiger partial charge in [0, 0.05) is 30.4 Å². The van der Waals surface area contributed by atoms with Crippen LogP contribution in [0.4, 0.5) is 0 Å². The third kappa shape index (κ3) is 6.55. The van der Waals surface area contributed by atoms with Gasteiger partial charge in [-0.25, -0.2) is 0 Å². The Morgan fingerprint density at radius 3 is 2.34 bits per heavy atom. The zero-order chi connectivity index (χ0) is 24.5. The van der Waals surface area contributed by atoms with Crippen LogP contribution >= 0.6 is 11.3 Å². The highest BCUT2D eigenvalue weighted by Gasteiger charge is 2.31. The molecule has 4 rings (SSSR count). The number of hydrogen-bond donors (Lipinski definition) is 1. The van der Waals surface area contributed by atoms with Crippen molar-refractivity contribution in [3.05, 3.63) is 118 Å². The molecule has 7 heteroatoms. The summed E-state index contributed by atoms with van der Waals surface area (Å²) in [5, 5.41) is 4.97. The highest BCUT2D eigenvalue weighted by molar-refractivity contribution is 7.10. The van der Waals surface area contributed by atoms with E-state index in [9.17, 15) is 9.59 Å². The summed E-state index contributed by atoms with van der Waals surface area (Å²) >= 11 is 1.53. The van der Waals surface area contributed by atoms with Crippen molar-refractivity contribution in [3.63, 3.8) is 0 Å². The molecule has 0 aliphatic rings. The van der Waals surface area contributed by atoms with Crippen LogP contribution in [0, 0.1) is 0 Å². The molecule has 0 fully saturated rings. The SMILES string of the molecule is COc1ccc(CNC(=O)[C@H](c2ccncc2)N(Cc2ccccc2)C(=O)Cc2cccs2)cc1. The molecule has 35 heavy (non-hydrogen) atoms. The molecule has 4 aromatic rings. The monoisotopic (exact) mass is 485 g/mol. The average molecular weight is 486 g/mol. The summed E-state index contributed by atoms with van der Waals surface area (Å²) in [4.78, 5) is 34.0. The molecule has 0 saturated heterocycles. The number of benzene rings is 2. The topological polar surface area (TPSA) is 71.5 Å². The Morgan fingerprint density at radius 1 is 0.943 bits per heavy atom. The summed E-state index contributed by atoms with van der Waals surface area (Å²) in [6.45, 7) is 0.650. The van der Waals surface area contributed by atoms with Crippen LogP contribution in [0.5, 0.6) is 5.75 Å². The van der Waals surface area contributed by atoms with Crippen LogP contribution < -0.4 is 10.1 Å². The molecular weight excluding hydrogens is 458 g/mol. The van der Waals surface area contributed by atoms with Crippen LogP contribution in [0.25, 0.3) is 0 Å². The van der Waals surface area contributed by atoms with Gasteiger partial charge in [-0.1, -0.05) is 48.5 Å². The maximum atomic E-state index is 13.6. The third-order valence-corrected chi connectivity index (χ3v) is 6.51. The molecule has 6 nitrogen and oxygen atoms in total. The number of carbonyl (C=O) groups excluding carboxylic acids is 2. The second-order valence-electron chi connectivity index (χ2n) is 8.01. The minimum Gasteiger partial charge on any atom is -0.497 e. The van der Waals surface area contributed by atoms with Crippen molar-refractivity contribution in [2.24, 2.45) is 0 Å². The maximum absolute atomic E-state index is 13.6. The fraction of sp³-hybridized carbons (Fsp3) is 0.179. The molecule has 178 valence electrons. The van der Waals surface area contributed by atoms with E-state index in [0.717, 1.165) is 21.8 Å². The second-order valence-corrected chi connectivity index (χ2v) is 9.04. The highest BCUT2D eigenvalue weighted by atomic mass is 32.1. The predicted octanol–water partition coefficient (Wildman–Crippen LogP) is 4.78. The molecule has 2 heterocycles. The Balaban J connectivity index is 1.62. The van der Waals surface area contributed by atoms with Gasteiger partial charge in [0.1, 0.15) is 11.8 Å². The lowest BCUT2D eigenvalue weighted by Crippen LogP contribution is -2.43. The molecule has 2 aromatic heterocycles. The van der Waals surface area contributed by atoms with Gasteiger partial charge in [0.25, 0.3) is 0 Å². The van der Waals surface area contributed by atoms with Crippen LogP contribution in [-0.2, 0) is 29.1 Å². The van der Waals surface area contributed by atoms with Crippen molar-refractivity contribution in [2.45, 2.75) is 25.6 Å². The standard InChI is InChI=1S/C28H27N3O3S/c1-34-24-11-9-21(10-12-24)19-30-28(33)27(23-13-15-29-16-14-23)31(20-22-6-3-2-4-7-22)26(32)18-25-8-5-17-35-25/h2-17,27H,18-20H2,1H3,(H,30,33)/t27-/m0/s1. The number of hydrogen-bond acceptors (Lipinski definition) is 5. The molecule has 0 aliphatic heterocycles. The van der Waals surface area contributed by atoms with Gasteiger partial charge >= 0.3 is 0 Å². The molecule has 2 aromatic carbocycles. The van der Waals surface area contributed by atoms with Crippen molar-refractivity contribution >= 4 is 23.2 Å². The van der Waals surface area contributed by atoms with Crippen molar-refractivity contribution < 1.29 is 14.3 Å². The summed E-state index contributed by atoms with van der Waals surface area (Å²) in [5.74, 6) is 0.392. The van der Waals surface area contributed by atoms with Crippen LogP contribution in [0.3, 0.4) is 0 Å². The second kappa shape index (κ2) is 11.9. The fourth-order valence-corrected chi connectivity index (χ4v) is 4.51. The molecule has 0 unspecified atom stereocenters. The highest BCUT2D eigenvalue weighted by Crippen LogP contribution is 2.25. The molecule has 2 amide bonds. The van der Waals surface area contributed by atoms with Crippen molar-refractivity contribution in [2.75, 3.05) is 7.11 Å². The molecule has 0 saturated carbocycles. The van der Waals surface area contributed by atoms with Gasteiger partial charge in [0.05, 0.1) is 13.5 Å². The summed E-state index contributed by atoms with van der Waals surface area (Å²) in [6.07, 6.45) is 3.52. The largest absolute Gasteiger partial charge is 0.497 e. The number of nitrogens with one attached hydrogen (secondary N) is 1. The lowest BCUT2D eigenvalue weighted by Gasteiger charge is -2.31. The molecule has 0 radical (unpaired) electrons. The predicted molar refractivity (Wildman–Crippen MR) is 137 cm³/mol. The van der Waals surface area contributed by atoms with E-state index < -0.39 is 6.04 Å². The molecule has 0 aliphatic carbocycles. The lowest BCUT2D eigenvalue weighted by molar-refractivity contribution is -0.141. The number of carbonyl (C=O) groups is 2. The fourth-order valence-electron chi connectivity index (χ4n) is 3.82. The van der Waals surface area contributed by atoms with Crippen LogP contribution in [0.1, 0.15) is 27.6 Å². The Kier molecular flexibility index (Phi) is 8.25. The van der Waals surface area contributed by atoms with Crippen molar-refractivity contribution in [3.8, 4) is 5.75 Å². The number of nitrogens with zero attached hydrogens (tertiary/aromatic N) is 2. The number of rotatable bonds is 10. The van der Waals surface area contributed by atoms with Gasteiger partial charge in [-0.2, -0.15) is 0 Å². The van der Waals surface area contributed by atoms with Gasteiger partial charge in [0.2, 0.25) is 11.8 Å². The van der Waals surface area contributed by atoms with E-state index in [0.29, 0.717) is 18.7 Å². The van der Waals surface area contributed by atoms with Crippen LogP contribution in [0.15, 0.2) is 96.6 Å². The Morgan fingerprint density at radius 2 is 1.69 bits per heavy atom. The van der Waals surface area contributed by atoms with Crippen molar-refractivity contribution in [1.82, 2.24) is 15.2 Å². The van der Waals surface area contributed by atoms with Crippen LogP contribution in [-0.4, -0.2) is 28.8 Å². The number of pyridine rings is 1.